The number of carbonyl (C=O) groups excluding carboxylic acids is 2. The van der Waals surface area contributed by atoms with E-state index in [0.717, 1.165) is 6.42 Å². The maximum atomic E-state index is 13.6. The molecule has 0 spiro atoms. The van der Waals surface area contributed by atoms with Crippen molar-refractivity contribution >= 4 is 40.7 Å². The Morgan fingerprint density at radius 1 is 1.18 bits per heavy atom. The van der Waals surface area contributed by atoms with Crippen LogP contribution in [0.25, 0.3) is 0 Å². The van der Waals surface area contributed by atoms with Crippen LogP contribution in [0.1, 0.15) is 18.4 Å². The van der Waals surface area contributed by atoms with E-state index in [4.69, 9.17) is 23.2 Å². The van der Waals surface area contributed by atoms with Crippen LogP contribution >= 0.6 is 23.2 Å². The number of likely N-dealkylation sites (tertiary alicyclic amines) is 1. The predicted molar refractivity (Wildman–Crippen MR) is 108 cm³/mol. The van der Waals surface area contributed by atoms with Gasteiger partial charge in [-0.15, -0.1) is 0 Å². The summed E-state index contributed by atoms with van der Waals surface area (Å²) < 4.78 is 13.6. The lowest BCUT2D eigenvalue weighted by molar-refractivity contribution is -0.125. The zero-order valence-electron chi connectivity index (χ0n) is 15.1. The number of halogens is 3. The van der Waals surface area contributed by atoms with Gasteiger partial charge in [0.1, 0.15) is 5.82 Å². The van der Waals surface area contributed by atoms with Crippen LogP contribution in [0.15, 0.2) is 42.5 Å². The molecule has 1 saturated heterocycles. The smallest absolute Gasteiger partial charge is 0.241 e. The second-order valence-electron chi connectivity index (χ2n) is 6.61. The Morgan fingerprint density at radius 2 is 1.96 bits per heavy atom. The number of carbonyl (C=O) groups is 2. The van der Waals surface area contributed by atoms with E-state index < -0.39 is 6.04 Å². The molecule has 0 saturated carbocycles. The fraction of sp³-hybridized carbons (Fsp3) is 0.300. The van der Waals surface area contributed by atoms with Crippen molar-refractivity contribution in [3.8, 4) is 0 Å². The first kappa shape index (κ1) is 20.6. The van der Waals surface area contributed by atoms with Crippen LogP contribution in [-0.4, -0.2) is 35.8 Å². The third kappa shape index (κ3) is 5.22. The first-order valence-corrected chi connectivity index (χ1v) is 9.69. The Labute approximate surface area is 172 Å². The molecule has 3 rings (SSSR count). The number of anilines is 1. The van der Waals surface area contributed by atoms with Gasteiger partial charge in [0.05, 0.1) is 23.3 Å². The average Bonchev–Trinajstić information content (AvgIpc) is 3.11. The topological polar surface area (TPSA) is 61.4 Å². The van der Waals surface area contributed by atoms with E-state index in [0.29, 0.717) is 34.3 Å². The van der Waals surface area contributed by atoms with Crippen LogP contribution in [-0.2, 0) is 16.1 Å². The van der Waals surface area contributed by atoms with E-state index in [1.807, 2.05) is 4.90 Å². The van der Waals surface area contributed by atoms with Gasteiger partial charge in [0.2, 0.25) is 11.8 Å². The molecule has 0 aliphatic carbocycles. The molecule has 148 valence electrons. The monoisotopic (exact) mass is 423 g/mol. The number of benzene rings is 2. The van der Waals surface area contributed by atoms with Gasteiger partial charge in [0, 0.05) is 17.1 Å². The Balaban J connectivity index is 1.55. The molecule has 2 aromatic carbocycles. The molecule has 2 amide bonds. The molecule has 2 N–H and O–H groups in total. The minimum absolute atomic E-state index is 0.0703. The lowest BCUT2D eigenvalue weighted by Gasteiger charge is -2.23. The van der Waals surface area contributed by atoms with E-state index >= 15 is 0 Å². The van der Waals surface area contributed by atoms with Gasteiger partial charge in [-0.25, -0.2) is 4.39 Å². The van der Waals surface area contributed by atoms with Crippen LogP contribution < -0.4 is 10.6 Å². The number of nitrogens with one attached hydrogen (secondary N) is 2. The lowest BCUT2D eigenvalue weighted by atomic mass is 10.2. The van der Waals surface area contributed by atoms with E-state index in [2.05, 4.69) is 10.6 Å². The van der Waals surface area contributed by atoms with Crippen molar-refractivity contribution in [3.63, 3.8) is 0 Å². The lowest BCUT2D eigenvalue weighted by Crippen LogP contribution is -2.44. The number of rotatable bonds is 6. The van der Waals surface area contributed by atoms with Crippen molar-refractivity contribution in [2.24, 2.45) is 0 Å². The van der Waals surface area contributed by atoms with Crippen molar-refractivity contribution in [1.29, 1.82) is 0 Å². The first-order chi connectivity index (χ1) is 13.4. The molecule has 8 heteroatoms. The molecule has 1 aliphatic heterocycles. The molecular weight excluding hydrogens is 404 g/mol. The molecule has 0 radical (unpaired) electrons. The zero-order chi connectivity index (χ0) is 20.1. The van der Waals surface area contributed by atoms with Crippen molar-refractivity contribution in [3.05, 3.63) is 63.9 Å². The van der Waals surface area contributed by atoms with Crippen LogP contribution in [0.5, 0.6) is 0 Å². The molecule has 5 nitrogen and oxygen atoms in total. The SMILES string of the molecule is O=C(CN1CCCC1C(=O)Nc1ccc(Cl)cc1Cl)NCc1ccccc1F. The van der Waals surface area contributed by atoms with Crippen LogP contribution in [0.3, 0.4) is 0 Å². The standard InChI is InChI=1S/C20H20Cl2FN3O2/c21-14-7-8-17(15(22)10-14)25-20(28)18-6-3-9-26(18)12-19(27)24-11-13-4-1-2-5-16(13)23/h1-2,4-5,7-8,10,18H,3,6,9,11-12H2,(H,24,27)(H,25,28). The molecule has 0 aromatic heterocycles. The normalized spacial score (nSPS) is 16.8. The van der Waals surface area contributed by atoms with E-state index in [1.165, 1.54) is 6.07 Å². The van der Waals surface area contributed by atoms with Gasteiger partial charge in [0.25, 0.3) is 0 Å². The molecule has 1 fully saturated rings. The Kier molecular flexibility index (Phi) is 6.88. The summed E-state index contributed by atoms with van der Waals surface area (Å²) in [4.78, 5) is 26.7. The van der Waals surface area contributed by atoms with E-state index in [9.17, 15) is 14.0 Å². The Bertz CT molecular complexity index is 878. The molecular formula is C20H20Cl2FN3O2. The molecule has 0 bridgehead atoms. The molecule has 1 heterocycles. The molecule has 2 aromatic rings. The van der Waals surface area contributed by atoms with Crippen LogP contribution in [0.4, 0.5) is 10.1 Å². The highest BCUT2D eigenvalue weighted by molar-refractivity contribution is 6.36. The number of amides is 2. The second-order valence-corrected chi connectivity index (χ2v) is 7.45. The van der Waals surface area contributed by atoms with Gasteiger partial charge >= 0.3 is 0 Å². The molecule has 1 aliphatic rings. The Morgan fingerprint density at radius 3 is 2.71 bits per heavy atom. The first-order valence-electron chi connectivity index (χ1n) is 8.94. The summed E-state index contributed by atoms with van der Waals surface area (Å²) in [5.41, 5.74) is 0.899. The van der Waals surface area contributed by atoms with Crippen LogP contribution in [0, 0.1) is 5.82 Å². The highest BCUT2D eigenvalue weighted by Crippen LogP contribution is 2.26. The van der Waals surface area contributed by atoms with E-state index in [-0.39, 0.29) is 30.7 Å². The summed E-state index contributed by atoms with van der Waals surface area (Å²) in [7, 11) is 0. The number of nitrogens with zero attached hydrogens (tertiary/aromatic N) is 1. The summed E-state index contributed by atoms with van der Waals surface area (Å²) in [5, 5.41) is 6.34. The third-order valence-corrected chi connectivity index (χ3v) is 5.18. The van der Waals surface area contributed by atoms with Crippen molar-refractivity contribution < 1.29 is 14.0 Å². The third-order valence-electron chi connectivity index (χ3n) is 4.64. The minimum atomic E-state index is -0.425. The average molecular weight is 424 g/mol. The molecule has 1 unspecified atom stereocenters. The van der Waals surface area contributed by atoms with E-state index in [1.54, 1.807) is 36.4 Å². The zero-order valence-corrected chi connectivity index (χ0v) is 16.6. The number of hydrogen-bond donors (Lipinski definition) is 2. The fourth-order valence-corrected chi connectivity index (χ4v) is 3.65. The summed E-state index contributed by atoms with van der Waals surface area (Å²) in [5.74, 6) is -0.836. The largest absolute Gasteiger partial charge is 0.351 e. The van der Waals surface area contributed by atoms with Gasteiger partial charge in [0.15, 0.2) is 0 Å². The van der Waals surface area contributed by atoms with Gasteiger partial charge in [-0.2, -0.15) is 0 Å². The summed E-state index contributed by atoms with van der Waals surface area (Å²) >= 11 is 12.0. The highest BCUT2D eigenvalue weighted by Gasteiger charge is 2.32. The van der Waals surface area contributed by atoms with Gasteiger partial charge in [-0.05, 0) is 43.7 Å². The van der Waals surface area contributed by atoms with Gasteiger partial charge in [-0.3, -0.25) is 14.5 Å². The van der Waals surface area contributed by atoms with Crippen molar-refractivity contribution in [1.82, 2.24) is 10.2 Å². The highest BCUT2D eigenvalue weighted by atomic mass is 35.5. The van der Waals surface area contributed by atoms with Crippen molar-refractivity contribution in [2.75, 3.05) is 18.4 Å². The number of hydrogen-bond acceptors (Lipinski definition) is 3. The minimum Gasteiger partial charge on any atom is -0.351 e. The van der Waals surface area contributed by atoms with Gasteiger partial charge in [-0.1, -0.05) is 41.4 Å². The van der Waals surface area contributed by atoms with Crippen molar-refractivity contribution in [2.45, 2.75) is 25.4 Å². The Hall–Kier alpha value is -2.15. The van der Waals surface area contributed by atoms with Gasteiger partial charge < -0.3 is 10.6 Å². The summed E-state index contributed by atoms with van der Waals surface area (Å²) in [6.07, 6.45) is 1.46. The summed E-state index contributed by atoms with van der Waals surface area (Å²) in [6, 6.07) is 10.7. The second kappa shape index (κ2) is 9.37. The summed E-state index contributed by atoms with van der Waals surface area (Å²) in [6.45, 7) is 0.817. The maximum Gasteiger partial charge on any atom is 0.241 e. The fourth-order valence-electron chi connectivity index (χ4n) is 3.20. The van der Waals surface area contributed by atoms with Crippen LogP contribution in [0.2, 0.25) is 10.0 Å². The molecule has 28 heavy (non-hydrogen) atoms. The molecule has 1 atom stereocenters. The predicted octanol–water partition coefficient (Wildman–Crippen LogP) is 3.85. The maximum absolute atomic E-state index is 13.6. The quantitative estimate of drug-likeness (QED) is 0.741.